The molecular weight excluding hydrogens is 164 g/mol. The summed E-state index contributed by atoms with van der Waals surface area (Å²) in [5.74, 6) is 0.111. The fraction of sp³-hybridized carbons (Fsp3) is 0.600. The largest absolute Gasteiger partial charge is 0.401 e. The molecule has 1 aliphatic rings. The summed E-state index contributed by atoms with van der Waals surface area (Å²) in [4.78, 5) is 15.4. The highest BCUT2D eigenvalue weighted by molar-refractivity contribution is 6.14. The van der Waals surface area contributed by atoms with Crippen molar-refractivity contribution in [3.05, 3.63) is 11.3 Å². The summed E-state index contributed by atoms with van der Waals surface area (Å²) < 4.78 is 0. The van der Waals surface area contributed by atoms with Crippen molar-refractivity contribution in [1.82, 2.24) is 0 Å². The maximum atomic E-state index is 11.6. The van der Waals surface area contributed by atoms with Crippen LogP contribution in [-0.4, -0.2) is 19.0 Å². The summed E-state index contributed by atoms with van der Waals surface area (Å²) in [5, 5.41) is 0. The fourth-order valence-corrected chi connectivity index (χ4v) is 1.67. The van der Waals surface area contributed by atoms with E-state index in [0.717, 1.165) is 6.42 Å². The molecule has 0 unspecified atom stereocenters. The van der Waals surface area contributed by atoms with Gasteiger partial charge in [-0.1, -0.05) is 13.8 Å². The maximum absolute atomic E-state index is 11.6. The topological polar surface area (TPSA) is 55.4 Å². The van der Waals surface area contributed by atoms with Crippen molar-refractivity contribution in [3.63, 3.8) is 0 Å². The first-order valence-electron chi connectivity index (χ1n) is 4.40. The predicted octanol–water partition coefficient (Wildman–Crippen LogP) is 1.29. The number of Topliss-reactive ketones (excluding diaryl/α,β-unsaturated/α-hetero) is 1. The lowest BCUT2D eigenvalue weighted by atomic mass is 9.76. The molecule has 0 aliphatic heterocycles. The van der Waals surface area contributed by atoms with Crippen LogP contribution in [0.2, 0.25) is 0 Å². The van der Waals surface area contributed by atoms with Gasteiger partial charge in [-0.3, -0.25) is 9.79 Å². The van der Waals surface area contributed by atoms with Crippen LogP contribution >= 0.6 is 0 Å². The monoisotopic (exact) mass is 180 g/mol. The van der Waals surface area contributed by atoms with Gasteiger partial charge >= 0.3 is 0 Å². The molecular formula is C10H16N2O. The Balaban J connectivity index is 3.01. The highest BCUT2D eigenvalue weighted by atomic mass is 16.1. The van der Waals surface area contributed by atoms with E-state index >= 15 is 0 Å². The van der Waals surface area contributed by atoms with E-state index in [2.05, 4.69) is 18.8 Å². The average molecular weight is 180 g/mol. The van der Waals surface area contributed by atoms with Crippen LogP contribution in [0.3, 0.4) is 0 Å². The van der Waals surface area contributed by atoms with E-state index in [4.69, 9.17) is 5.73 Å². The zero-order valence-corrected chi connectivity index (χ0v) is 8.42. The molecule has 0 aromatic carbocycles. The van der Waals surface area contributed by atoms with Crippen molar-refractivity contribution in [3.8, 4) is 0 Å². The molecule has 0 fully saturated rings. The number of nitrogens with zero attached hydrogens (tertiary/aromatic N) is 1. The van der Waals surface area contributed by atoms with Gasteiger partial charge in [0.25, 0.3) is 0 Å². The van der Waals surface area contributed by atoms with Crippen molar-refractivity contribution >= 4 is 12.0 Å². The van der Waals surface area contributed by atoms with E-state index in [1.165, 1.54) is 0 Å². The van der Waals surface area contributed by atoms with Crippen molar-refractivity contribution in [1.29, 1.82) is 0 Å². The summed E-state index contributed by atoms with van der Waals surface area (Å²) in [6.45, 7) is 4.11. The number of aliphatic imine (C=N–C) groups is 1. The van der Waals surface area contributed by atoms with Gasteiger partial charge in [0.2, 0.25) is 0 Å². The second kappa shape index (κ2) is 3.32. The number of rotatable bonds is 1. The van der Waals surface area contributed by atoms with Gasteiger partial charge in [0.05, 0.1) is 5.57 Å². The van der Waals surface area contributed by atoms with Crippen molar-refractivity contribution in [2.45, 2.75) is 26.7 Å². The van der Waals surface area contributed by atoms with E-state index < -0.39 is 0 Å². The Morgan fingerprint density at radius 3 is 2.54 bits per heavy atom. The second-order valence-corrected chi connectivity index (χ2v) is 4.27. The minimum absolute atomic E-state index is 0.00620. The molecule has 72 valence electrons. The Morgan fingerprint density at radius 1 is 1.46 bits per heavy atom. The van der Waals surface area contributed by atoms with Crippen LogP contribution in [0.25, 0.3) is 0 Å². The van der Waals surface area contributed by atoms with Crippen molar-refractivity contribution < 1.29 is 4.79 Å². The number of hydrogen-bond acceptors (Lipinski definition) is 3. The van der Waals surface area contributed by atoms with Crippen LogP contribution in [0.15, 0.2) is 16.3 Å². The molecule has 3 nitrogen and oxygen atoms in total. The summed E-state index contributed by atoms with van der Waals surface area (Å²) in [5.41, 5.74) is 7.08. The van der Waals surface area contributed by atoms with Crippen molar-refractivity contribution in [2.75, 3.05) is 7.05 Å². The van der Waals surface area contributed by atoms with Gasteiger partial charge in [-0.25, -0.2) is 0 Å². The average Bonchev–Trinajstić information content (AvgIpc) is 1.94. The lowest BCUT2D eigenvalue weighted by Gasteiger charge is -2.29. The Kier molecular flexibility index (Phi) is 2.55. The Hall–Kier alpha value is -1.12. The molecule has 0 amide bonds. The Morgan fingerprint density at radius 2 is 2.08 bits per heavy atom. The van der Waals surface area contributed by atoms with Gasteiger partial charge in [-0.15, -0.1) is 0 Å². The molecule has 13 heavy (non-hydrogen) atoms. The number of carbonyl (C=O) groups excluding carboxylic acids is 1. The van der Waals surface area contributed by atoms with Gasteiger partial charge in [-0.2, -0.15) is 0 Å². The quantitative estimate of drug-likeness (QED) is 0.618. The molecule has 0 heterocycles. The fourth-order valence-electron chi connectivity index (χ4n) is 1.67. The molecule has 0 radical (unpaired) electrons. The number of nitrogens with two attached hydrogens (primary N) is 1. The number of ketones is 1. The van der Waals surface area contributed by atoms with Crippen LogP contribution in [0.1, 0.15) is 26.7 Å². The van der Waals surface area contributed by atoms with E-state index in [-0.39, 0.29) is 11.2 Å². The summed E-state index contributed by atoms with van der Waals surface area (Å²) in [6.07, 6.45) is 2.90. The van der Waals surface area contributed by atoms with E-state index in [1.807, 2.05) is 0 Å². The molecule has 2 N–H and O–H groups in total. The Bertz CT molecular complexity index is 287. The van der Waals surface area contributed by atoms with E-state index in [1.54, 1.807) is 13.3 Å². The SMILES string of the molecule is CN=CC1=C(N)CC(C)(C)CC1=O. The first-order chi connectivity index (χ1) is 5.96. The first kappa shape index (κ1) is 9.96. The molecule has 0 bridgehead atoms. The van der Waals surface area contributed by atoms with Gasteiger partial charge in [0.15, 0.2) is 5.78 Å². The highest BCUT2D eigenvalue weighted by Gasteiger charge is 2.30. The van der Waals surface area contributed by atoms with Gasteiger partial charge in [0, 0.05) is 25.4 Å². The maximum Gasteiger partial charge on any atom is 0.166 e. The molecule has 0 aromatic heterocycles. The van der Waals surface area contributed by atoms with Crippen LogP contribution < -0.4 is 5.73 Å². The lowest BCUT2D eigenvalue weighted by Crippen LogP contribution is -2.29. The minimum atomic E-state index is 0.00620. The van der Waals surface area contributed by atoms with Crippen LogP contribution in [0, 0.1) is 5.41 Å². The molecule has 0 saturated carbocycles. The van der Waals surface area contributed by atoms with Gasteiger partial charge < -0.3 is 5.73 Å². The lowest BCUT2D eigenvalue weighted by molar-refractivity contribution is -0.117. The molecule has 0 atom stereocenters. The molecule has 1 rings (SSSR count). The van der Waals surface area contributed by atoms with E-state index in [9.17, 15) is 4.79 Å². The van der Waals surface area contributed by atoms with Crippen LogP contribution in [-0.2, 0) is 4.79 Å². The van der Waals surface area contributed by atoms with Crippen LogP contribution in [0.4, 0.5) is 0 Å². The molecule has 1 aliphatic carbocycles. The molecule has 0 spiro atoms. The second-order valence-electron chi connectivity index (χ2n) is 4.27. The third-order valence-electron chi connectivity index (χ3n) is 2.21. The van der Waals surface area contributed by atoms with Crippen LogP contribution in [0.5, 0.6) is 0 Å². The molecule has 0 saturated heterocycles. The van der Waals surface area contributed by atoms with E-state index in [0.29, 0.717) is 17.7 Å². The first-order valence-corrected chi connectivity index (χ1v) is 4.40. The molecule has 0 aromatic rings. The number of hydrogen-bond donors (Lipinski definition) is 1. The normalized spacial score (nSPS) is 22.8. The highest BCUT2D eigenvalue weighted by Crippen LogP contribution is 2.34. The summed E-state index contributed by atoms with van der Waals surface area (Å²) in [6, 6.07) is 0. The summed E-state index contributed by atoms with van der Waals surface area (Å²) >= 11 is 0. The summed E-state index contributed by atoms with van der Waals surface area (Å²) in [7, 11) is 1.65. The third kappa shape index (κ3) is 2.17. The van der Waals surface area contributed by atoms with Gasteiger partial charge in [-0.05, 0) is 11.8 Å². The minimum Gasteiger partial charge on any atom is -0.401 e. The molecule has 3 heteroatoms. The Labute approximate surface area is 78.7 Å². The zero-order chi connectivity index (χ0) is 10.1. The predicted molar refractivity (Wildman–Crippen MR) is 53.7 cm³/mol. The smallest absolute Gasteiger partial charge is 0.166 e. The standard InChI is InChI=1S/C10H16N2O/c1-10(2)4-8(11)7(6-12-3)9(13)5-10/h6H,4-5,11H2,1-3H3. The number of allylic oxidation sites excluding steroid dienone is 2. The van der Waals surface area contributed by atoms with Gasteiger partial charge in [0.1, 0.15) is 0 Å². The zero-order valence-electron chi connectivity index (χ0n) is 8.42. The number of carbonyl (C=O) groups is 1. The third-order valence-corrected chi connectivity index (χ3v) is 2.21. The van der Waals surface area contributed by atoms with Crippen molar-refractivity contribution in [2.24, 2.45) is 16.1 Å².